The largest absolute Gasteiger partial charge is 0.455 e. The van der Waals surface area contributed by atoms with Crippen LogP contribution in [0.5, 0.6) is 0 Å². The lowest BCUT2D eigenvalue weighted by Gasteiger charge is -2.21. The smallest absolute Gasteiger partial charge is 0.238 e. The van der Waals surface area contributed by atoms with Gasteiger partial charge in [-0.1, -0.05) is 159 Å². The number of hydrogen-bond acceptors (Lipinski definition) is 4. The highest BCUT2D eigenvalue weighted by Gasteiger charge is 2.37. The minimum absolute atomic E-state index is 0.143. The first-order valence-corrected chi connectivity index (χ1v) is 20.4. The highest BCUT2D eigenvalue weighted by molar-refractivity contribution is 6.25. The number of furan rings is 1. The molecule has 12 aromatic rings. The number of hydrogen-bond donors (Lipinski definition) is 0. The van der Waals surface area contributed by atoms with Crippen molar-refractivity contribution in [3.8, 4) is 45.3 Å². The normalized spacial score (nSPS) is 13.3. The van der Waals surface area contributed by atoms with Crippen molar-refractivity contribution in [2.24, 2.45) is 0 Å². The minimum Gasteiger partial charge on any atom is -0.455 e. The van der Waals surface area contributed by atoms with Gasteiger partial charge in [0.15, 0.2) is 5.82 Å². The van der Waals surface area contributed by atoms with Gasteiger partial charge in [-0.3, -0.25) is 4.57 Å². The van der Waals surface area contributed by atoms with Crippen LogP contribution < -0.4 is 0 Å². The van der Waals surface area contributed by atoms with Crippen LogP contribution in [0.1, 0.15) is 25.0 Å². The van der Waals surface area contributed by atoms with Crippen LogP contribution in [0, 0.1) is 0 Å². The molecule has 0 bridgehead atoms. The molecule has 0 amide bonds. The average molecular weight is 770 g/mol. The van der Waals surface area contributed by atoms with Gasteiger partial charge in [0.25, 0.3) is 0 Å². The molecule has 282 valence electrons. The summed E-state index contributed by atoms with van der Waals surface area (Å²) in [5, 5.41) is 6.70. The Labute approximate surface area is 344 Å². The number of para-hydroxylation sites is 3. The lowest BCUT2D eigenvalue weighted by molar-refractivity contribution is 0.660. The molecular formula is C54H35N5O. The van der Waals surface area contributed by atoms with Crippen LogP contribution in [0.4, 0.5) is 0 Å². The molecule has 13 rings (SSSR count). The SMILES string of the molecule is CC1(C)c2ccccc2-c2c(-c3ncnc(-n4c5ccccc5c5ccc6c7ccccc7n(-c7cccc8oc9c(-c%10ccccc%10)cccc9c78)c6c54)n3)cccc21. The molecule has 6 heteroatoms. The highest BCUT2D eigenvalue weighted by Crippen LogP contribution is 2.52. The maximum absolute atomic E-state index is 6.81. The van der Waals surface area contributed by atoms with Crippen molar-refractivity contribution >= 4 is 65.6 Å². The summed E-state index contributed by atoms with van der Waals surface area (Å²) < 4.78 is 11.5. The Hall–Kier alpha value is -7.83. The number of rotatable bonds is 4. The summed E-state index contributed by atoms with van der Waals surface area (Å²) in [5.41, 5.74) is 15.1. The standard InChI is InChI=1S/C54H35N5O/c1-54(2)41-23-9-6-19-38(41)47-40(22-13-24-42(47)54)52-55-31-56-53(57-52)59-44-26-11-8-18-35(44)37-30-29-36-34-17-7-10-25-43(34)58(49(36)50(37)59)45-27-14-28-46-48(45)39-21-12-20-33(51(39)60-46)32-15-4-3-5-16-32/h3-31H,1-2H3. The maximum Gasteiger partial charge on any atom is 0.238 e. The molecule has 0 N–H and O–H groups in total. The van der Waals surface area contributed by atoms with Gasteiger partial charge in [0.2, 0.25) is 5.95 Å². The van der Waals surface area contributed by atoms with Crippen LogP contribution in [-0.2, 0) is 5.41 Å². The van der Waals surface area contributed by atoms with E-state index in [-0.39, 0.29) is 5.41 Å². The van der Waals surface area contributed by atoms with Crippen LogP contribution in [0.3, 0.4) is 0 Å². The molecule has 4 heterocycles. The van der Waals surface area contributed by atoms with E-state index in [1.54, 1.807) is 6.33 Å². The van der Waals surface area contributed by atoms with Gasteiger partial charge in [-0.2, -0.15) is 4.98 Å². The fraction of sp³-hybridized carbons (Fsp3) is 0.0556. The molecular weight excluding hydrogens is 735 g/mol. The second-order valence-corrected chi connectivity index (χ2v) is 16.4. The summed E-state index contributed by atoms with van der Waals surface area (Å²) in [6.45, 7) is 4.61. The lowest BCUT2D eigenvalue weighted by atomic mass is 9.82. The van der Waals surface area contributed by atoms with Crippen LogP contribution in [0.2, 0.25) is 0 Å². The quantitative estimate of drug-likeness (QED) is 0.179. The van der Waals surface area contributed by atoms with Gasteiger partial charge in [-0.25, -0.2) is 9.97 Å². The van der Waals surface area contributed by atoms with Gasteiger partial charge in [0.1, 0.15) is 17.5 Å². The molecule has 0 unspecified atom stereocenters. The van der Waals surface area contributed by atoms with Crippen molar-refractivity contribution in [2.45, 2.75) is 19.3 Å². The Bertz CT molecular complexity index is 3760. The van der Waals surface area contributed by atoms with Crippen molar-refractivity contribution in [3.63, 3.8) is 0 Å². The van der Waals surface area contributed by atoms with Crippen molar-refractivity contribution in [2.75, 3.05) is 0 Å². The Morgan fingerprint density at radius 2 is 1.10 bits per heavy atom. The topological polar surface area (TPSA) is 61.7 Å². The van der Waals surface area contributed by atoms with Gasteiger partial charge in [0.05, 0.1) is 33.1 Å². The zero-order chi connectivity index (χ0) is 39.7. The fourth-order valence-electron chi connectivity index (χ4n) is 10.3. The van der Waals surface area contributed by atoms with E-state index < -0.39 is 0 Å². The summed E-state index contributed by atoms with van der Waals surface area (Å²) >= 11 is 0. The van der Waals surface area contributed by atoms with Crippen LogP contribution in [0.15, 0.2) is 181 Å². The first-order valence-electron chi connectivity index (χ1n) is 20.4. The van der Waals surface area contributed by atoms with E-state index in [4.69, 9.17) is 19.4 Å². The van der Waals surface area contributed by atoms with Gasteiger partial charge < -0.3 is 8.98 Å². The number of fused-ring (bicyclic) bond motifs is 13. The number of aromatic nitrogens is 5. The van der Waals surface area contributed by atoms with E-state index in [1.807, 2.05) is 6.07 Å². The van der Waals surface area contributed by atoms with Crippen molar-refractivity contribution < 1.29 is 4.42 Å². The summed E-state index contributed by atoms with van der Waals surface area (Å²) in [6.07, 6.45) is 1.67. The molecule has 4 aromatic heterocycles. The van der Waals surface area contributed by atoms with Gasteiger partial charge in [-0.05, 0) is 52.1 Å². The second kappa shape index (κ2) is 12.1. The van der Waals surface area contributed by atoms with E-state index >= 15 is 0 Å². The molecule has 0 fully saturated rings. The molecule has 0 spiro atoms. The summed E-state index contributed by atoms with van der Waals surface area (Å²) in [7, 11) is 0. The minimum atomic E-state index is -0.143. The van der Waals surface area contributed by atoms with Crippen LogP contribution in [-0.4, -0.2) is 24.1 Å². The summed E-state index contributed by atoms with van der Waals surface area (Å²) in [6, 6.07) is 60.4. The number of nitrogens with zero attached hydrogens (tertiary/aromatic N) is 5. The molecule has 1 aliphatic carbocycles. The van der Waals surface area contributed by atoms with Crippen molar-refractivity contribution in [3.05, 3.63) is 187 Å². The fourth-order valence-corrected chi connectivity index (χ4v) is 10.3. The molecule has 1 aliphatic rings. The first kappa shape index (κ1) is 33.2. The van der Waals surface area contributed by atoms with Crippen molar-refractivity contribution in [1.29, 1.82) is 0 Å². The van der Waals surface area contributed by atoms with E-state index in [2.05, 4.69) is 187 Å². The Balaban J connectivity index is 1.13. The summed E-state index contributed by atoms with van der Waals surface area (Å²) in [4.78, 5) is 15.2. The molecule has 6 nitrogen and oxygen atoms in total. The van der Waals surface area contributed by atoms with Crippen LogP contribution in [0.25, 0.3) is 111 Å². The predicted molar refractivity (Wildman–Crippen MR) is 244 cm³/mol. The molecule has 0 saturated heterocycles. The first-order chi connectivity index (χ1) is 29.6. The lowest BCUT2D eigenvalue weighted by Crippen LogP contribution is -2.14. The molecule has 60 heavy (non-hydrogen) atoms. The average Bonchev–Trinajstić information content (AvgIpc) is 4.02. The molecule has 0 radical (unpaired) electrons. The Morgan fingerprint density at radius 3 is 1.92 bits per heavy atom. The third-order valence-corrected chi connectivity index (χ3v) is 12.9. The predicted octanol–water partition coefficient (Wildman–Crippen LogP) is 13.6. The van der Waals surface area contributed by atoms with Gasteiger partial charge in [0, 0.05) is 43.5 Å². The molecule has 8 aromatic carbocycles. The zero-order valence-corrected chi connectivity index (χ0v) is 32.9. The zero-order valence-electron chi connectivity index (χ0n) is 32.9. The third-order valence-electron chi connectivity index (χ3n) is 12.9. The third kappa shape index (κ3) is 4.39. The van der Waals surface area contributed by atoms with E-state index in [0.29, 0.717) is 11.8 Å². The van der Waals surface area contributed by atoms with Crippen molar-refractivity contribution in [1.82, 2.24) is 24.1 Å². The second-order valence-electron chi connectivity index (χ2n) is 16.4. The van der Waals surface area contributed by atoms with Gasteiger partial charge in [-0.15, -0.1) is 0 Å². The van der Waals surface area contributed by atoms with E-state index in [9.17, 15) is 0 Å². The van der Waals surface area contributed by atoms with E-state index in [0.717, 1.165) is 82.5 Å². The molecule has 0 saturated carbocycles. The Kier molecular flexibility index (Phi) is 6.69. The van der Waals surface area contributed by atoms with Crippen LogP contribution >= 0.6 is 0 Å². The van der Waals surface area contributed by atoms with E-state index in [1.165, 1.54) is 27.6 Å². The number of benzene rings is 8. The summed E-state index contributed by atoms with van der Waals surface area (Å²) in [5.74, 6) is 1.21. The maximum atomic E-state index is 6.81. The molecule has 0 atom stereocenters. The van der Waals surface area contributed by atoms with Gasteiger partial charge >= 0.3 is 0 Å². The Morgan fingerprint density at radius 1 is 0.483 bits per heavy atom. The monoisotopic (exact) mass is 769 g/mol. The highest BCUT2D eigenvalue weighted by atomic mass is 16.3. The molecule has 0 aliphatic heterocycles.